The largest absolute Gasteiger partial charge is 0.462 e. The van der Waals surface area contributed by atoms with Gasteiger partial charge < -0.3 is 14.2 Å². The molecule has 0 saturated heterocycles. The van der Waals surface area contributed by atoms with E-state index in [1.54, 1.807) is 0 Å². The Morgan fingerprint density at radius 1 is 0.383 bits per heavy atom. The summed E-state index contributed by atoms with van der Waals surface area (Å²) in [4.78, 5) is 25.3. The highest BCUT2D eigenvalue weighted by atomic mass is 16.6. The molecule has 0 aliphatic heterocycles. The molecule has 5 heteroatoms. The maximum atomic E-state index is 12.7. The SMILES string of the molecule is CC/C=C\C/C=C\C/C=C\C/C=C\C/C=C\CCCC(=O)OC[C@@H](COCCCCCCCCCCCCCCCCCC)OC(=O)CCCCCCC/C=C\CCCC. The fraction of sp³-hybridized carbons (Fsp3) is 0.745. The van der Waals surface area contributed by atoms with E-state index in [0.29, 0.717) is 19.4 Å². The van der Waals surface area contributed by atoms with Crippen LogP contribution in [0.25, 0.3) is 0 Å². The first-order chi connectivity index (χ1) is 29.6. The number of hydrogen-bond acceptors (Lipinski definition) is 5. The standard InChI is InChI=1S/C55H96O5/c1-4-7-10-13-16-19-22-24-26-28-29-31-34-36-39-42-45-48-54(56)59-52-53(60-55(57)49-46-43-40-37-33-21-18-15-12-9-6-3)51-58-50-47-44-41-38-35-32-30-27-25-23-20-17-14-11-8-5-2/h7,10,15-16,18-19,24,26,29,31,36,39,53H,4-6,8-9,11-14,17,20-23,25,27-28,30,32-35,37-38,40-52H2,1-3H3/b10-7-,18-15-,19-16-,26-24-,31-29-,39-36-/t53-/m1/s1. The Morgan fingerprint density at radius 3 is 1.32 bits per heavy atom. The highest BCUT2D eigenvalue weighted by Crippen LogP contribution is 2.15. The fourth-order valence-corrected chi connectivity index (χ4v) is 6.94. The van der Waals surface area contributed by atoms with Gasteiger partial charge in [0, 0.05) is 19.4 Å². The lowest BCUT2D eigenvalue weighted by atomic mass is 10.0. The highest BCUT2D eigenvalue weighted by Gasteiger charge is 2.17. The van der Waals surface area contributed by atoms with Crippen LogP contribution in [0.5, 0.6) is 0 Å². The van der Waals surface area contributed by atoms with Crippen LogP contribution in [-0.4, -0.2) is 37.9 Å². The first kappa shape index (κ1) is 57.3. The summed E-state index contributed by atoms with van der Waals surface area (Å²) >= 11 is 0. The topological polar surface area (TPSA) is 61.8 Å². The van der Waals surface area contributed by atoms with Crippen molar-refractivity contribution in [1.82, 2.24) is 0 Å². The molecule has 0 aliphatic carbocycles. The predicted molar refractivity (Wildman–Crippen MR) is 260 cm³/mol. The summed E-state index contributed by atoms with van der Waals surface area (Å²) in [5.74, 6) is -0.472. The Balaban J connectivity index is 4.32. The summed E-state index contributed by atoms with van der Waals surface area (Å²) in [6, 6.07) is 0. The van der Waals surface area contributed by atoms with Crippen molar-refractivity contribution in [2.24, 2.45) is 0 Å². The lowest BCUT2D eigenvalue weighted by Crippen LogP contribution is -2.30. The number of unbranched alkanes of at least 4 members (excludes halogenated alkanes) is 23. The van der Waals surface area contributed by atoms with Crippen LogP contribution in [0.2, 0.25) is 0 Å². The van der Waals surface area contributed by atoms with Crippen molar-refractivity contribution in [2.45, 2.75) is 245 Å². The van der Waals surface area contributed by atoms with Gasteiger partial charge >= 0.3 is 11.9 Å². The number of rotatable bonds is 46. The maximum Gasteiger partial charge on any atom is 0.306 e. The van der Waals surface area contributed by atoms with E-state index < -0.39 is 6.10 Å². The molecule has 0 rings (SSSR count). The van der Waals surface area contributed by atoms with E-state index in [4.69, 9.17) is 14.2 Å². The third kappa shape index (κ3) is 48.0. The van der Waals surface area contributed by atoms with Gasteiger partial charge in [-0.1, -0.05) is 222 Å². The van der Waals surface area contributed by atoms with Crippen LogP contribution in [0.1, 0.15) is 239 Å². The van der Waals surface area contributed by atoms with Crippen LogP contribution in [0.3, 0.4) is 0 Å². The zero-order valence-corrected chi connectivity index (χ0v) is 39.7. The molecule has 0 N–H and O–H groups in total. The van der Waals surface area contributed by atoms with Crippen LogP contribution >= 0.6 is 0 Å². The van der Waals surface area contributed by atoms with Gasteiger partial charge in [0.15, 0.2) is 6.10 Å². The van der Waals surface area contributed by atoms with Crippen molar-refractivity contribution in [1.29, 1.82) is 0 Å². The first-order valence-electron chi connectivity index (χ1n) is 25.5. The molecule has 0 radical (unpaired) electrons. The molecule has 346 valence electrons. The number of carbonyl (C=O) groups excluding carboxylic acids is 2. The number of hydrogen-bond donors (Lipinski definition) is 0. The zero-order chi connectivity index (χ0) is 43.5. The average molecular weight is 837 g/mol. The summed E-state index contributed by atoms with van der Waals surface area (Å²) in [6.45, 7) is 7.63. The molecule has 0 aliphatic rings. The lowest BCUT2D eigenvalue weighted by molar-refractivity contribution is -0.163. The number of ether oxygens (including phenoxy) is 3. The van der Waals surface area contributed by atoms with Crippen molar-refractivity contribution in [3.05, 3.63) is 72.9 Å². The van der Waals surface area contributed by atoms with Gasteiger partial charge in [-0.15, -0.1) is 0 Å². The molecular weight excluding hydrogens is 741 g/mol. The Kier molecular flexibility index (Phi) is 48.4. The van der Waals surface area contributed by atoms with Crippen molar-refractivity contribution < 1.29 is 23.8 Å². The van der Waals surface area contributed by atoms with Gasteiger partial charge in [-0.25, -0.2) is 0 Å². The monoisotopic (exact) mass is 837 g/mol. The van der Waals surface area contributed by atoms with Crippen molar-refractivity contribution in [3.63, 3.8) is 0 Å². The van der Waals surface area contributed by atoms with Crippen LogP contribution in [-0.2, 0) is 23.8 Å². The Labute approximate surface area is 372 Å². The summed E-state index contributed by atoms with van der Waals surface area (Å²) in [5, 5.41) is 0. The summed E-state index contributed by atoms with van der Waals surface area (Å²) in [6.07, 6.45) is 64.9. The Bertz CT molecular complexity index is 1080. The quantitative estimate of drug-likeness (QED) is 0.0347. The Morgan fingerprint density at radius 2 is 0.783 bits per heavy atom. The minimum Gasteiger partial charge on any atom is -0.462 e. The third-order valence-corrected chi connectivity index (χ3v) is 10.7. The van der Waals surface area contributed by atoms with E-state index in [-0.39, 0.29) is 25.2 Å². The molecule has 0 unspecified atom stereocenters. The van der Waals surface area contributed by atoms with E-state index in [0.717, 1.165) is 83.5 Å². The van der Waals surface area contributed by atoms with Crippen LogP contribution in [0.15, 0.2) is 72.9 Å². The Hall–Kier alpha value is -2.66. The summed E-state index contributed by atoms with van der Waals surface area (Å²) in [5.41, 5.74) is 0. The van der Waals surface area contributed by atoms with Crippen LogP contribution in [0.4, 0.5) is 0 Å². The van der Waals surface area contributed by atoms with E-state index in [1.165, 1.54) is 122 Å². The number of carbonyl (C=O) groups is 2. The van der Waals surface area contributed by atoms with Gasteiger partial charge in [0.05, 0.1) is 6.61 Å². The third-order valence-electron chi connectivity index (χ3n) is 10.7. The summed E-state index contributed by atoms with van der Waals surface area (Å²) < 4.78 is 17.3. The van der Waals surface area contributed by atoms with Gasteiger partial charge in [-0.05, 0) is 77.0 Å². The van der Waals surface area contributed by atoms with Gasteiger partial charge in [0.1, 0.15) is 6.61 Å². The molecule has 0 saturated carbocycles. The molecule has 1 atom stereocenters. The van der Waals surface area contributed by atoms with Crippen molar-refractivity contribution >= 4 is 11.9 Å². The minimum atomic E-state index is -0.562. The normalized spacial score (nSPS) is 12.8. The number of allylic oxidation sites excluding steroid dienone is 12. The predicted octanol–water partition coefficient (Wildman–Crippen LogP) is 17.1. The van der Waals surface area contributed by atoms with Gasteiger partial charge in [-0.3, -0.25) is 9.59 Å². The molecule has 0 heterocycles. The number of esters is 2. The van der Waals surface area contributed by atoms with Gasteiger partial charge in [-0.2, -0.15) is 0 Å². The first-order valence-corrected chi connectivity index (χ1v) is 25.5. The second-order valence-electron chi connectivity index (χ2n) is 16.7. The van der Waals surface area contributed by atoms with Crippen molar-refractivity contribution in [3.8, 4) is 0 Å². The molecular formula is C55H96O5. The molecule has 0 bridgehead atoms. The van der Waals surface area contributed by atoms with Gasteiger partial charge in [0.2, 0.25) is 0 Å². The minimum absolute atomic E-state index is 0.0526. The smallest absolute Gasteiger partial charge is 0.306 e. The zero-order valence-electron chi connectivity index (χ0n) is 39.7. The van der Waals surface area contributed by atoms with Crippen molar-refractivity contribution in [2.75, 3.05) is 19.8 Å². The van der Waals surface area contributed by atoms with E-state index in [1.807, 2.05) is 0 Å². The molecule has 0 amide bonds. The maximum absolute atomic E-state index is 12.7. The molecule has 0 fully saturated rings. The van der Waals surface area contributed by atoms with Crippen LogP contribution in [0, 0.1) is 0 Å². The van der Waals surface area contributed by atoms with Crippen LogP contribution < -0.4 is 0 Å². The van der Waals surface area contributed by atoms with E-state index >= 15 is 0 Å². The van der Waals surface area contributed by atoms with Gasteiger partial charge in [0.25, 0.3) is 0 Å². The highest BCUT2D eigenvalue weighted by molar-refractivity contribution is 5.70. The van der Waals surface area contributed by atoms with E-state index in [9.17, 15) is 9.59 Å². The molecule has 0 aromatic carbocycles. The second kappa shape index (κ2) is 50.7. The molecule has 0 aromatic heterocycles. The lowest BCUT2D eigenvalue weighted by Gasteiger charge is -2.18. The molecule has 5 nitrogen and oxygen atoms in total. The second-order valence-corrected chi connectivity index (χ2v) is 16.7. The summed E-state index contributed by atoms with van der Waals surface area (Å²) in [7, 11) is 0. The average Bonchev–Trinajstić information content (AvgIpc) is 3.25. The fourth-order valence-electron chi connectivity index (χ4n) is 6.94. The molecule has 60 heavy (non-hydrogen) atoms. The van der Waals surface area contributed by atoms with E-state index in [2.05, 4.69) is 93.7 Å². The molecule has 0 spiro atoms. The molecule has 0 aromatic rings.